The van der Waals surface area contributed by atoms with Gasteiger partial charge >= 0.3 is 0 Å². The largest absolute Gasteiger partial charge is 0.481 e. The van der Waals surface area contributed by atoms with E-state index in [1.54, 1.807) is 24.3 Å². The van der Waals surface area contributed by atoms with Crippen LogP contribution in [0.2, 0.25) is 5.02 Å². The molecule has 1 saturated heterocycles. The molecule has 2 aromatic carbocycles. The monoisotopic (exact) mass is 423 g/mol. The van der Waals surface area contributed by atoms with Crippen molar-refractivity contribution in [3.8, 4) is 5.75 Å². The summed E-state index contributed by atoms with van der Waals surface area (Å²) in [5.41, 5.74) is 1.42. The Morgan fingerprint density at radius 3 is 2.67 bits per heavy atom. The molecular weight excluding hydrogens is 398 g/mol. The number of benzene rings is 2. The van der Waals surface area contributed by atoms with E-state index in [1.807, 2.05) is 18.2 Å². The number of pyridine rings is 1. The van der Waals surface area contributed by atoms with Crippen molar-refractivity contribution in [3.63, 3.8) is 0 Å². The third-order valence-corrected chi connectivity index (χ3v) is 5.56. The Balaban J connectivity index is 1.50. The van der Waals surface area contributed by atoms with Crippen molar-refractivity contribution in [3.05, 3.63) is 59.6 Å². The Labute approximate surface area is 182 Å². The molecule has 1 N–H and O–H groups in total. The van der Waals surface area contributed by atoms with Crippen LogP contribution >= 0.6 is 11.6 Å². The minimum absolute atomic E-state index is 0.102. The number of ether oxygens (including phenoxy) is 1. The maximum Gasteiger partial charge on any atom is 0.262 e. The quantitative estimate of drug-likeness (QED) is 0.597. The summed E-state index contributed by atoms with van der Waals surface area (Å²) in [5, 5.41) is 4.36. The average Bonchev–Trinajstić information content (AvgIpc) is 2.71. The molecule has 6 heteroatoms. The van der Waals surface area contributed by atoms with Gasteiger partial charge < -0.3 is 15.0 Å². The van der Waals surface area contributed by atoms with Gasteiger partial charge in [0.05, 0.1) is 0 Å². The molecule has 0 aliphatic carbocycles. The fourth-order valence-electron chi connectivity index (χ4n) is 4.16. The molecular formula is C24H26ClN3O2. The normalized spacial score (nSPS) is 19.0. The molecule has 1 fully saturated rings. The minimum atomic E-state index is -0.246. The first-order valence-corrected chi connectivity index (χ1v) is 10.7. The highest BCUT2D eigenvalue weighted by Gasteiger charge is 2.23. The van der Waals surface area contributed by atoms with Crippen LogP contribution in [-0.2, 0) is 4.79 Å². The molecule has 1 aliphatic rings. The predicted molar refractivity (Wildman–Crippen MR) is 122 cm³/mol. The van der Waals surface area contributed by atoms with E-state index in [1.165, 1.54) is 6.42 Å². The number of nitrogens with zero attached hydrogens (tertiary/aromatic N) is 2. The molecule has 0 saturated carbocycles. The van der Waals surface area contributed by atoms with Crippen LogP contribution in [0.1, 0.15) is 20.3 Å². The van der Waals surface area contributed by atoms with Gasteiger partial charge in [0.15, 0.2) is 6.61 Å². The lowest BCUT2D eigenvalue weighted by atomic mass is 9.92. The summed E-state index contributed by atoms with van der Waals surface area (Å²) >= 11 is 5.97. The number of para-hydroxylation sites is 1. The summed E-state index contributed by atoms with van der Waals surface area (Å²) < 4.78 is 5.84. The van der Waals surface area contributed by atoms with Crippen LogP contribution in [0.5, 0.6) is 5.75 Å². The molecule has 4 rings (SSSR count). The van der Waals surface area contributed by atoms with Crippen molar-refractivity contribution >= 4 is 39.9 Å². The van der Waals surface area contributed by atoms with E-state index in [0.717, 1.165) is 29.8 Å². The van der Waals surface area contributed by atoms with Gasteiger partial charge in [-0.2, -0.15) is 0 Å². The summed E-state index contributed by atoms with van der Waals surface area (Å²) in [6, 6.07) is 17.0. The molecule has 1 aliphatic heterocycles. The first-order valence-electron chi connectivity index (χ1n) is 10.3. The number of hydrogen-bond donors (Lipinski definition) is 1. The summed E-state index contributed by atoms with van der Waals surface area (Å²) in [6.45, 7) is 6.49. The van der Waals surface area contributed by atoms with Crippen molar-refractivity contribution in [2.75, 3.05) is 29.9 Å². The van der Waals surface area contributed by atoms with Gasteiger partial charge in [0, 0.05) is 29.2 Å². The topological polar surface area (TPSA) is 54.5 Å². The molecule has 0 spiro atoms. The minimum Gasteiger partial charge on any atom is -0.481 e. The number of piperidine rings is 1. The van der Waals surface area contributed by atoms with E-state index in [4.69, 9.17) is 21.3 Å². The summed E-state index contributed by atoms with van der Waals surface area (Å²) in [4.78, 5) is 19.6. The second-order valence-corrected chi connectivity index (χ2v) is 8.63. The number of rotatable bonds is 5. The third kappa shape index (κ3) is 4.85. The van der Waals surface area contributed by atoms with Crippen LogP contribution in [-0.4, -0.2) is 30.6 Å². The van der Waals surface area contributed by atoms with Crippen molar-refractivity contribution in [1.82, 2.24) is 4.98 Å². The number of carbonyl (C=O) groups excluding carboxylic acids is 1. The SMILES string of the molecule is CC1CC(C)CN(c2ccc3cccc(OCC(=O)Nc4cccc(Cl)c4)c3n2)C1. The highest BCUT2D eigenvalue weighted by Crippen LogP contribution is 2.30. The second kappa shape index (κ2) is 8.92. The van der Waals surface area contributed by atoms with Crippen LogP contribution in [0, 0.1) is 11.8 Å². The van der Waals surface area contributed by atoms with Gasteiger partial charge in [0.1, 0.15) is 17.1 Å². The summed E-state index contributed by atoms with van der Waals surface area (Å²) in [6.07, 6.45) is 1.25. The van der Waals surface area contributed by atoms with E-state index in [9.17, 15) is 4.79 Å². The number of fused-ring (bicyclic) bond motifs is 1. The maximum absolute atomic E-state index is 12.3. The number of anilines is 2. The van der Waals surface area contributed by atoms with Crippen molar-refractivity contribution < 1.29 is 9.53 Å². The maximum atomic E-state index is 12.3. The van der Waals surface area contributed by atoms with E-state index in [2.05, 4.69) is 36.2 Å². The number of carbonyl (C=O) groups is 1. The highest BCUT2D eigenvalue weighted by molar-refractivity contribution is 6.30. The Morgan fingerprint density at radius 2 is 1.90 bits per heavy atom. The smallest absolute Gasteiger partial charge is 0.262 e. The fraction of sp³-hybridized carbons (Fsp3) is 0.333. The molecule has 156 valence electrons. The van der Waals surface area contributed by atoms with Crippen molar-refractivity contribution in [2.24, 2.45) is 11.8 Å². The Kier molecular flexibility index (Phi) is 6.09. The second-order valence-electron chi connectivity index (χ2n) is 8.20. The molecule has 5 nitrogen and oxygen atoms in total. The van der Waals surface area contributed by atoms with Crippen molar-refractivity contribution in [2.45, 2.75) is 20.3 Å². The molecule has 1 amide bonds. The number of amides is 1. The lowest BCUT2D eigenvalue weighted by Crippen LogP contribution is -2.39. The fourth-order valence-corrected chi connectivity index (χ4v) is 4.35. The third-order valence-electron chi connectivity index (χ3n) is 5.33. The predicted octanol–water partition coefficient (Wildman–Crippen LogP) is 5.39. The van der Waals surface area contributed by atoms with Crippen LogP contribution in [0.4, 0.5) is 11.5 Å². The Hall–Kier alpha value is -2.79. The van der Waals surface area contributed by atoms with Gasteiger partial charge in [-0.05, 0) is 54.7 Å². The number of nitrogens with one attached hydrogen (secondary N) is 1. The van der Waals surface area contributed by atoms with Gasteiger partial charge in [-0.25, -0.2) is 4.98 Å². The molecule has 3 aromatic rings. The van der Waals surface area contributed by atoms with Gasteiger partial charge in [-0.3, -0.25) is 4.79 Å². The zero-order valence-corrected chi connectivity index (χ0v) is 18.0. The van der Waals surface area contributed by atoms with Crippen LogP contribution in [0.3, 0.4) is 0 Å². The number of halogens is 1. The molecule has 0 bridgehead atoms. The van der Waals surface area contributed by atoms with Gasteiger partial charge in [-0.15, -0.1) is 0 Å². The van der Waals surface area contributed by atoms with E-state index < -0.39 is 0 Å². The zero-order chi connectivity index (χ0) is 21.1. The number of aromatic nitrogens is 1. The Bertz CT molecular complexity index is 1050. The lowest BCUT2D eigenvalue weighted by Gasteiger charge is -2.35. The number of hydrogen-bond acceptors (Lipinski definition) is 4. The molecule has 2 unspecified atom stereocenters. The first kappa shape index (κ1) is 20.5. The molecule has 2 atom stereocenters. The van der Waals surface area contributed by atoms with E-state index in [-0.39, 0.29) is 12.5 Å². The molecule has 1 aromatic heterocycles. The van der Waals surface area contributed by atoms with Crippen LogP contribution in [0.15, 0.2) is 54.6 Å². The van der Waals surface area contributed by atoms with E-state index in [0.29, 0.717) is 28.3 Å². The molecule has 30 heavy (non-hydrogen) atoms. The van der Waals surface area contributed by atoms with Crippen LogP contribution < -0.4 is 15.0 Å². The molecule has 0 radical (unpaired) electrons. The zero-order valence-electron chi connectivity index (χ0n) is 17.3. The lowest BCUT2D eigenvalue weighted by molar-refractivity contribution is -0.118. The van der Waals surface area contributed by atoms with Gasteiger partial charge in [0.2, 0.25) is 0 Å². The van der Waals surface area contributed by atoms with E-state index >= 15 is 0 Å². The standard InChI is InChI=1S/C24H26ClN3O2/c1-16-11-17(2)14-28(13-16)22-10-9-18-5-3-8-21(24(18)27-22)30-15-23(29)26-20-7-4-6-19(25)12-20/h3-10,12,16-17H,11,13-15H2,1-2H3,(H,26,29). The Morgan fingerprint density at radius 1 is 1.13 bits per heavy atom. The summed E-state index contributed by atoms with van der Waals surface area (Å²) in [7, 11) is 0. The van der Waals surface area contributed by atoms with Crippen molar-refractivity contribution in [1.29, 1.82) is 0 Å². The molecule has 2 heterocycles. The van der Waals surface area contributed by atoms with Crippen LogP contribution in [0.25, 0.3) is 10.9 Å². The van der Waals surface area contributed by atoms with Gasteiger partial charge in [-0.1, -0.05) is 43.6 Å². The average molecular weight is 424 g/mol. The summed E-state index contributed by atoms with van der Waals surface area (Å²) in [5.74, 6) is 2.61. The highest BCUT2D eigenvalue weighted by atomic mass is 35.5. The first-order chi connectivity index (χ1) is 14.5. The van der Waals surface area contributed by atoms with Gasteiger partial charge in [0.25, 0.3) is 5.91 Å².